The number of nitrogens with zero attached hydrogens (tertiary/aromatic N) is 2. The van der Waals surface area contributed by atoms with Crippen LogP contribution in [-0.4, -0.2) is 50.8 Å². The molecule has 1 unspecified atom stereocenters. The number of H-pyrrole nitrogens is 2. The molecule has 184 valence electrons. The number of amides is 1. The van der Waals surface area contributed by atoms with Crippen LogP contribution >= 0.6 is 0 Å². The fourth-order valence-electron chi connectivity index (χ4n) is 4.54. The lowest BCUT2D eigenvalue weighted by atomic mass is 9.97. The SMILES string of the molecule is CCOC(=O)c1[nH]c(C)c(C(O)=C2C(=O)C(=O)N(CCC[n+]3cc[nH]c3)C2c2ccc(C)o2)c1C. The number of ether oxygens (including phenoxy) is 1. The highest BCUT2D eigenvalue weighted by Gasteiger charge is 2.47. The number of aryl methyl sites for hydroxylation is 3. The Morgan fingerprint density at radius 1 is 1.26 bits per heavy atom. The number of rotatable bonds is 8. The molecule has 0 aromatic carbocycles. The molecule has 1 saturated heterocycles. The van der Waals surface area contributed by atoms with Crippen molar-refractivity contribution in [3.8, 4) is 0 Å². The number of Topliss-reactive ketones (excluding diaryl/α,β-unsaturated/α-hetero) is 1. The first kappa shape index (κ1) is 24.1. The zero-order valence-electron chi connectivity index (χ0n) is 20.2. The van der Waals surface area contributed by atoms with Gasteiger partial charge in [0.25, 0.3) is 11.7 Å². The first-order valence-corrected chi connectivity index (χ1v) is 11.5. The molecule has 3 N–H and O–H groups in total. The summed E-state index contributed by atoms with van der Waals surface area (Å²) < 4.78 is 12.8. The molecule has 4 heterocycles. The highest BCUT2D eigenvalue weighted by molar-refractivity contribution is 6.46. The summed E-state index contributed by atoms with van der Waals surface area (Å²) in [5, 5.41) is 11.4. The van der Waals surface area contributed by atoms with E-state index in [9.17, 15) is 19.5 Å². The third-order valence-electron chi connectivity index (χ3n) is 6.14. The second-order valence-electron chi connectivity index (χ2n) is 8.49. The van der Waals surface area contributed by atoms with E-state index in [0.29, 0.717) is 41.3 Å². The highest BCUT2D eigenvalue weighted by Crippen LogP contribution is 2.41. The summed E-state index contributed by atoms with van der Waals surface area (Å²) in [6, 6.07) is 2.56. The van der Waals surface area contributed by atoms with E-state index in [1.807, 2.05) is 10.8 Å². The highest BCUT2D eigenvalue weighted by atomic mass is 16.5. The van der Waals surface area contributed by atoms with E-state index in [1.165, 1.54) is 4.90 Å². The third kappa shape index (κ3) is 4.39. The molecule has 35 heavy (non-hydrogen) atoms. The van der Waals surface area contributed by atoms with Crippen LogP contribution in [0.5, 0.6) is 0 Å². The summed E-state index contributed by atoms with van der Waals surface area (Å²) in [6.45, 7) is 7.91. The molecule has 1 aliphatic heterocycles. The lowest BCUT2D eigenvalue weighted by Gasteiger charge is -2.23. The van der Waals surface area contributed by atoms with E-state index in [0.717, 1.165) is 0 Å². The lowest BCUT2D eigenvalue weighted by Crippen LogP contribution is -2.35. The Kier molecular flexibility index (Phi) is 6.63. The molecule has 0 radical (unpaired) electrons. The molecule has 1 atom stereocenters. The second-order valence-corrected chi connectivity index (χ2v) is 8.49. The van der Waals surface area contributed by atoms with E-state index in [2.05, 4.69) is 9.97 Å². The molecule has 10 heteroatoms. The fraction of sp³-hybridized carbons (Fsp3) is 0.360. The van der Waals surface area contributed by atoms with E-state index in [4.69, 9.17) is 9.15 Å². The molecular weight excluding hydrogens is 452 g/mol. The van der Waals surface area contributed by atoms with E-state index in [1.54, 1.807) is 52.4 Å². The number of aliphatic hydroxyl groups is 1. The number of imidazole rings is 1. The molecule has 1 fully saturated rings. The van der Waals surface area contributed by atoms with Crippen LogP contribution in [0.25, 0.3) is 5.76 Å². The first-order chi connectivity index (χ1) is 16.7. The first-order valence-electron chi connectivity index (χ1n) is 11.5. The van der Waals surface area contributed by atoms with Gasteiger partial charge in [0.15, 0.2) is 0 Å². The quantitative estimate of drug-likeness (QED) is 0.149. The summed E-state index contributed by atoms with van der Waals surface area (Å²) in [6.07, 6.45) is 6.06. The Morgan fingerprint density at radius 2 is 2.03 bits per heavy atom. The zero-order valence-corrected chi connectivity index (χ0v) is 20.2. The summed E-state index contributed by atoms with van der Waals surface area (Å²) in [7, 11) is 0. The van der Waals surface area contributed by atoms with Gasteiger partial charge < -0.3 is 24.1 Å². The molecule has 0 saturated carbocycles. The molecular formula is C25H29N4O6+. The van der Waals surface area contributed by atoms with Crippen molar-refractivity contribution in [2.45, 2.75) is 46.7 Å². The third-order valence-corrected chi connectivity index (χ3v) is 6.14. The maximum Gasteiger partial charge on any atom is 0.355 e. The fourth-order valence-corrected chi connectivity index (χ4v) is 4.54. The van der Waals surface area contributed by atoms with Gasteiger partial charge in [-0.05, 0) is 45.4 Å². The molecule has 10 nitrogen and oxygen atoms in total. The Morgan fingerprint density at radius 3 is 2.66 bits per heavy atom. The number of hydrogen-bond donors (Lipinski definition) is 3. The predicted molar refractivity (Wildman–Crippen MR) is 124 cm³/mol. The number of aliphatic hydroxyl groups excluding tert-OH is 1. The summed E-state index contributed by atoms with van der Waals surface area (Å²) >= 11 is 0. The van der Waals surface area contributed by atoms with Crippen LogP contribution in [-0.2, 0) is 20.9 Å². The average Bonchev–Trinajstić information content (AvgIpc) is 3.58. The van der Waals surface area contributed by atoms with Gasteiger partial charge in [0.1, 0.15) is 41.4 Å². The summed E-state index contributed by atoms with van der Waals surface area (Å²) in [5.74, 6) is -1.42. The largest absolute Gasteiger partial charge is 0.507 e. The predicted octanol–water partition coefficient (Wildman–Crippen LogP) is 2.84. The van der Waals surface area contributed by atoms with Crippen molar-refractivity contribution in [3.63, 3.8) is 0 Å². The molecule has 1 amide bonds. The van der Waals surface area contributed by atoms with Crippen LogP contribution < -0.4 is 4.57 Å². The number of aromatic amines is 2. The number of esters is 1. The molecule has 3 aromatic rings. The minimum absolute atomic E-state index is 0.0701. The zero-order chi connectivity index (χ0) is 25.3. The number of aromatic nitrogens is 3. The molecule has 3 aromatic heterocycles. The van der Waals surface area contributed by atoms with E-state index >= 15 is 0 Å². The summed E-state index contributed by atoms with van der Waals surface area (Å²) in [4.78, 5) is 46.0. The smallest absolute Gasteiger partial charge is 0.355 e. The monoisotopic (exact) mass is 481 g/mol. The van der Waals surface area contributed by atoms with Crippen molar-refractivity contribution >= 4 is 23.4 Å². The second kappa shape index (κ2) is 9.65. The topological polar surface area (TPSA) is 133 Å². The van der Waals surface area contributed by atoms with Gasteiger partial charge in [-0.3, -0.25) is 14.6 Å². The van der Waals surface area contributed by atoms with E-state index < -0.39 is 23.7 Å². The molecule has 4 rings (SSSR count). The Labute approximate surface area is 202 Å². The van der Waals surface area contributed by atoms with Crippen LogP contribution in [0.1, 0.15) is 58.2 Å². The number of carbonyl (C=O) groups excluding carboxylic acids is 3. The van der Waals surface area contributed by atoms with Gasteiger partial charge in [-0.2, -0.15) is 0 Å². The van der Waals surface area contributed by atoms with Gasteiger partial charge in [-0.25, -0.2) is 9.36 Å². The van der Waals surface area contributed by atoms with Gasteiger partial charge >= 0.3 is 5.97 Å². The molecule has 0 bridgehead atoms. The normalized spacial score (nSPS) is 17.4. The maximum absolute atomic E-state index is 13.2. The minimum atomic E-state index is -0.889. The van der Waals surface area contributed by atoms with Crippen LogP contribution in [0.4, 0.5) is 0 Å². The minimum Gasteiger partial charge on any atom is -0.507 e. The maximum atomic E-state index is 13.2. The van der Waals surface area contributed by atoms with Gasteiger partial charge in [-0.1, -0.05) is 0 Å². The van der Waals surface area contributed by atoms with Gasteiger partial charge in [-0.15, -0.1) is 0 Å². The van der Waals surface area contributed by atoms with Gasteiger partial charge in [0, 0.05) is 24.2 Å². The number of nitrogens with one attached hydrogen (secondary N) is 2. The average molecular weight is 482 g/mol. The van der Waals surface area contributed by atoms with Crippen molar-refractivity contribution in [3.05, 3.63) is 70.5 Å². The molecule has 0 spiro atoms. The standard InChI is InChI=1S/C25H28N4O6/c1-5-34-25(33)20-15(3)18(16(4)27-20)22(30)19-21(17-8-7-14(2)35-17)29(24(32)23(19)31)11-6-10-28-12-9-26-13-28/h7-9,12-13,21H,5-6,10-11H2,1-4H3,(H2,27,30,31,33)/p+1. The Bertz CT molecular complexity index is 1300. The van der Waals surface area contributed by atoms with Crippen molar-refractivity contribution < 1.29 is 33.2 Å². The lowest BCUT2D eigenvalue weighted by molar-refractivity contribution is -0.695. The van der Waals surface area contributed by atoms with Crippen molar-refractivity contribution in [1.82, 2.24) is 14.9 Å². The molecule has 1 aliphatic rings. The van der Waals surface area contributed by atoms with Crippen LogP contribution in [0.2, 0.25) is 0 Å². The Balaban J connectivity index is 1.76. The number of furan rings is 1. The summed E-state index contributed by atoms with van der Waals surface area (Å²) in [5.41, 5.74) is 1.32. The van der Waals surface area contributed by atoms with Crippen LogP contribution in [0.15, 0.2) is 40.8 Å². The van der Waals surface area contributed by atoms with Gasteiger partial charge in [0.05, 0.1) is 18.7 Å². The van der Waals surface area contributed by atoms with Crippen molar-refractivity contribution in [2.75, 3.05) is 13.2 Å². The van der Waals surface area contributed by atoms with Crippen LogP contribution in [0, 0.1) is 20.8 Å². The Hall–Kier alpha value is -4.08. The van der Waals surface area contributed by atoms with Crippen molar-refractivity contribution in [1.29, 1.82) is 0 Å². The number of carbonyl (C=O) groups is 3. The van der Waals surface area contributed by atoms with E-state index in [-0.39, 0.29) is 30.2 Å². The number of likely N-dealkylation sites (tertiary alicyclic amines) is 1. The van der Waals surface area contributed by atoms with Gasteiger partial charge in [0.2, 0.25) is 6.33 Å². The number of hydrogen-bond acceptors (Lipinski definition) is 6. The van der Waals surface area contributed by atoms with Crippen LogP contribution in [0.3, 0.4) is 0 Å². The number of ketones is 1. The molecule has 0 aliphatic carbocycles. The van der Waals surface area contributed by atoms with Crippen molar-refractivity contribution in [2.24, 2.45) is 0 Å².